The minimum atomic E-state index is 0. The van der Waals surface area contributed by atoms with E-state index in [9.17, 15) is 0 Å². The number of aromatic nitrogens is 1. The van der Waals surface area contributed by atoms with E-state index in [0.717, 1.165) is 51.0 Å². The highest BCUT2D eigenvalue weighted by atomic mass is 35.5. The Balaban J connectivity index is 0.00000131. The molecule has 0 amide bonds. The topological polar surface area (TPSA) is 37.8 Å². The maximum atomic E-state index is 6.00. The molecule has 2 unspecified atom stereocenters. The number of fused-ring (bicyclic) bond motifs is 1. The lowest BCUT2D eigenvalue weighted by Crippen LogP contribution is -2.47. The molecule has 2 aliphatic rings. The minimum absolute atomic E-state index is 0. The van der Waals surface area contributed by atoms with Gasteiger partial charge in [0.2, 0.25) is 0 Å². The van der Waals surface area contributed by atoms with E-state index in [1.54, 1.807) is 0 Å². The Labute approximate surface area is 185 Å². The lowest BCUT2D eigenvalue weighted by molar-refractivity contribution is 0.0342. The molecular formula is C20H28Cl3N3O2. The number of anilines is 1. The van der Waals surface area contributed by atoms with Gasteiger partial charge >= 0.3 is 0 Å². The second-order valence-corrected chi connectivity index (χ2v) is 6.75. The van der Waals surface area contributed by atoms with Crippen LogP contribution >= 0.6 is 37.2 Å². The molecule has 1 saturated heterocycles. The summed E-state index contributed by atoms with van der Waals surface area (Å²) in [5.41, 5.74) is 1.32. The van der Waals surface area contributed by atoms with Gasteiger partial charge < -0.3 is 14.4 Å². The number of hydrogen-bond acceptors (Lipinski definition) is 5. The monoisotopic (exact) mass is 447 g/mol. The molecule has 0 N–H and O–H groups in total. The molecule has 2 aromatic rings. The van der Waals surface area contributed by atoms with Gasteiger partial charge in [-0.1, -0.05) is 30.3 Å². The van der Waals surface area contributed by atoms with Crippen molar-refractivity contribution in [3.8, 4) is 5.75 Å². The highest BCUT2D eigenvalue weighted by Gasteiger charge is 2.32. The van der Waals surface area contributed by atoms with Gasteiger partial charge in [-0.25, -0.2) is 4.98 Å². The van der Waals surface area contributed by atoms with E-state index in [2.05, 4.69) is 52.0 Å². The van der Waals surface area contributed by atoms with Crippen LogP contribution in [0.5, 0.6) is 5.75 Å². The summed E-state index contributed by atoms with van der Waals surface area (Å²) >= 11 is 0. The number of ether oxygens (including phenoxy) is 2. The van der Waals surface area contributed by atoms with Crippen molar-refractivity contribution in [1.82, 2.24) is 9.88 Å². The molecular weight excluding hydrogens is 421 g/mol. The molecule has 0 aliphatic carbocycles. The molecule has 0 saturated carbocycles. The predicted molar refractivity (Wildman–Crippen MR) is 120 cm³/mol. The predicted octanol–water partition coefficient (Wildman–Crippen LogP) is 4.01. The van der Waals surface area contributed by atoms with Gasteiger partial charge in [0.25, 0.3) is 0 Å². The Bertz CT molecular complexity index is 702. The van der Waals surface area contributed by atoms with Gasteiger partial charge in [0, 0.05) is 25.8 Å². The maximum Gasteiger partial charge on any atom is 0.172 e. The molecule has 1 fully saturated rings. The van der Waals surface area contributed by atoms with Gasteiger partial charge in [-0.15, -0.1) is 37.2 Å². The van der Waals surface area contributed by atoms with Crippen molar-refractivity contribution in [2.24, 2.45) is 0 Å². The zero-order valence-electron chi connectivity index (χ0n) is 15.9. The maximum absolute atomic E-state index is 6.00. The summed E-state index contributed by atoms with van der Waals surface area (Å²) in [4.78, 5) is 9.53. The second-order valence-electron chi connectivity index (χ2n) is 6.75. The van der Waals surface area contributed by atoms with E-state index in [4.69, 9.17) is 9.47 Å². The lowest BCUT2D eigenvalue weighted by atomic mass is 10.0. The fourth-order valence-corrected chi connectivity index (χ4v) is 3.67. The van der Waals surface area contributed by atoms with Gasteiger partial charge in [0.05, 0.1) is 25.8 Å². The third kappa shape index (κ3) is 5.65. The molecule has 28 heavy (non-hydrogen) atoms. The Morgan fingerprint density at radius 2 is 1.75 bits per heavy atom. The van der Waals surface area contributed by atoms with Crippen molar-refractivity contribution in [3.05, 3.63) is 54.2 Å². The van der Waals surface area contributed by atoms with Gasteiger partial charge in [-0.3, -0.25) is 4.90 Å². The van der Waals surface area contributed by atoms with Gasteiger partial charge in [-0.05, 0) is 24.6 Å². The largest absolute Gasteiger partial charge is 0.485 e. The van der Waals surface area contributed by atoms with Crippen molar-refractivity contribution in [1.29, 1.82) is 0 Å². The Morgan fingerprint density at radius 3 is 2.46 bits per heavy atom. The molecule has 5 nitrogen and oxygen atoms in total. The number of pyridine rings is 1. The summed E-state index contributed by atoms with van der Waals surface area (Å²) in [6.45, 7) is 7.53. The molecule has 0 spiro atoms. The second kappa shape index (κ2) is 11.7. The third-order valence-corrected chi connectivity index (χ3v) is 4.90. The first-order chi connectivity index (χ1) is 12.3. The van der Waals surface area contributed by atoms with Crippen LogP contribution in [0.3, 0.4) is 0 Å². The number of rotatable bonds is 4. The zero-order chi connectivity index (χ0) is 17.1. The molecule has 2 aliphatic heterocycles. The van der Waals surface area contributed by atoms with Crippen LogP contribution in [-0.4, -0.2) is 55.4 Å². The molecule has 3 heterocycles. The fraction of sp³-hybridized carbons (Fsp3) is 0.450. The van der Waals surface area contributed by atoms with E-state index in [1.807, 2.05) is 18.3 Å². The molecule has 8 heteroatoms. The van der Waals surface area contributed by atoms with Crippen LogP contribution in [0.1, 0.15) is 18.5 Å². The number of hydrogen-bond donors (Lipinski definition) is 0. The molecule has 4 rings (SSSR count). The molecule has 0 radical (unpaired) electrons. The van der Waals surface area contributed by atoms with E-state index in [1.165, 1.54) is 5.56 Å². The highest BCUT2D eigenvalue weighted by molar-refractivity contribution is 5.86. The average molecular weight is 449 g/mol. The molecule has 156 valence electrons. The van der Waals surface area contributed by atoms with Crippen LogP contribution in [0.2, 0.25) is 0 Å². The van der Waals surface area contributed by atoms with Crippen LogP contribution < -0.4 is 9.64 Å². The van der Waals surface area contributed by atoms with Crippen LogP contribution in [0.15, 0.2) is 48.7 Å². The smallest absolute Gasteiger partial charge is 0.172 e. The van der Waals surface area contributed by atoms with E-state index >= 15 is 0 Å². The summed E-state index contributed by atoms with van der Waals surface area (Å²) < 4.78 is 11.5. The van der Waals surface area contributed by atoms with Gasteiger partial charge in [0.1, 0.15) is 6.10 Å². The first-order valence-electron chi connectivity index (χ1n) is 9.04. The van der Waals surface area contributed by atoms with Crippen LogP contribution in [0.4, 0.5) is 5.82 Å². The Morgan fingerprint density at radius 1 is 1.04 bits per heavy atom. The molecule has 0 bridgehead atoms. The van der Waals surface area contributed by atoms with Crippen molar-refractivity contribution in [2.45, 2.75) is 19.1 Å². The van der Waals surface area contributed by atoms with Crippen LogP contribution in [0.25, 0.3) is 0 Å². The first-order valence-corrected chi connectivity index (χ1v) is 9.04. The number of nitrogens with zero attached hydrogens (tertiary/aromatic N) is 3. The SMILES string of the molecule is CC1CN(C(CN2CCOCC2)c2ccccc2)c2ncccc2O1.Cl.Cl.Cl. The summed E-state index contributed by atoms with van der Waals surface area (Å²) in [5.74, 6) is 1.83. The molecule has 1 aromatic carbocycles. The van der Waals surface area contributed by atoms with Gasteiger partial charge in [-0.2, -0.15) is 0 Å². The summed E-state index contributed by atoms with van der Waals surface area (Å²) in [7, 11) is 0. The van der Waals surface area contributed by atoms with Crippen molar-refractivity contribution in [2.75, 3.05) is 44.3 Å². The minimum Gasteiger partial charge on any atom is -0.485 e. The quantitative estimate of drug-likeness (QED) is 0.706. The number of halogens is 3. The Hall–Kier alpha value is -1.24. The van der Waals surface area contributed by atoms with E-state index in [-0.39, 0.29) is 49.4 Å². The van der Waals surface area contributed by atoms with Gasteiger partial charge in [0.15, 0.2) is 11.6 Å². The zero-order valence-corrected chi connectivity index (χ0v) is 18.3. The summed E-state index contributed by atoms with van der Waals surface area (Å²) in [6, 6.07) is 14.9. The highest BCUT2D eigenvalue weighted by Crippen LogP contribution is 2.37. The number of morpholine rings is 1. The van der Waals surface area contributed by atoms with Crippen molar-refractivity contribution >= 4 is 43.0 Å². The van der Waals surface area contributed by atoms with Crippen molar-refractivity contribution in [3.63, 3.8) is 0 Å². The number of benzene rings is 1. The van der Waals surface area contributed by atoms with E-state index in [0.29, 0.717) is 0 Å². The summed E-state index contributed by atoms with van der Waals surface area (Å²) in [5, 5.41) is 0. The normalized spacial score (nSPS) is 19.8. The molecule has 2 atom stereocenters. The third-order valence-electron chi connectivity index (χ3n) is 4.90. The average Bonchev–Trinajstić information content (AvgIpc) is 2.67. The van der Waals surface area contributed by atoms with Crippen LogP contribution in [0, 0.1) is 0 Å². The van der Waals surface area contributed by atoms with Crippen molar-refractivity contribution < 1.29 is 9.47 Å². The lowest BCUT2D eigenvalue weighted by Gasteiger charge is -2.41. The summed E-state index contributed by atoms with van der Waals surface area (Å²) in [6.07, 6.45) is 2.00. The van der Waals surface area contributed by atoms with E-state index < -0.39 is 0 Å². The first kappa shape index (κ1) is 24.8. The van der Waals surface area contributed by atoms with Crippen LogP contribution in [-0.2, 0) is 4.74 Å². The molecule has 1 aromatic heterocycles. The fourth-order valence-electron chi connectivity index (χ4n) is 3.67. The Kier molecular flexibility index (Phi) is 10.4. The standard InChI is InChI=1S/C20H25N3O2.3ClH/c1-16-14-23(20-19(25-16)8-5-9-21-20)18(17-6-3-2-4-7-17)15-22-10-12-24-13-11-22;;;/h2-9,16,18H,10-15H2,1H3;3*1H.